The van der Waals surface area contributed by atoms with E-state index in [9.17, 15) is 0 Å². The molecule has 3 rings (SSSR count). The number of fused-ring (bicyclic) bond motifs is 1. The fraction of sp³-hybridized carbons (Fsp3) is 0.556. The molecule has 0 aliphatic carbocycles. The lowest BCUT2D eigenvalue weighted by Gasteiger charge is -2.20. The number of likely N-dealkylation sites (tertiary alicyclic amines) is 1. The zero-order valence-electron chi connectivity index (χ0n) is 13.4. The highest BCUT2D eigenvalue weighted by atomic mass is 32.1. The highest BCUT2D eigenvalue weighted by Gasteiger charge is 2.29. The molecule has 0 amide bonds. The summed E-state index contributed by atoms with van der Waals surface area (Å²) in [6, 6.07) is 8.87. The van der Waals surface area contributed by atoms with Crippen molar-refractivity contribution in [3.63, 3.8) is 0 Å². The molecule has 1 aliphatic heterocycles. The predicted molar refractivity (Wildman–Crippen MR) is 92.9 cm³/mol. The van der Waals surface area contributed by atoms with Crippen LogP contribution in [0.15, 0.2) is 24.3 Å². The third-order valence-electron chi connectivity index (χ3n) is 4.46. The molecule has 0 radical (unpaired) electrons. The van der Waals surface area contributed by atoms with Gasteiger partial charge in [0.1, 0.15) is 0 Å². The molecule has 21 heavy (non-hydrogen) atoms. The summed E-state index contributed by atoms with van der Waals surface area (Å²) < 4.78 is 1.43. The van der Waals surface area contributed by atoms with Crippen LogP contribution in [-0.2, 0) is 13.1 Å². The third-order valence-corrected chi connectivity index (χ3v) is 5.67. The molecule has 1 aromatic heterocycles. The van der Waals surface area contributed by atoms with Crippen molar-refractivity contribution >= 4 is 21.4 Å². The second kappa shape index (κ2) is 6.07. The Morgan fingerprint density at radius 2 is 2.10 bits per heavy atom. The second-order valence-corrected chi connectivity index (χ2v) is 8.04. The Labute approximate surface area is 132 Å². The molecule has 0 bridgehead atoms. The maximum atomic E-state index is 3.50. The molecule has 1 aromatic carbocycles. The molecule has 0 atom stereocenters. The zero-order chi connectivity index (χ0) is 14.9. The molecular formula is C18H26N2S. The average molecular weight is 302 g/mol. The van der Waals surface area contributed by atoms with E-state index >= 15 is 0 Å². The van der Waals surface area contributed by atoms with Gasteiger partial charge in [-0.2, -0.15) is 0 Å². The highest BCUT2D eigenvalue weighted by Crippen LogP contribution is 2.35. The van der Waals surface area contributed by atoms with Crippen LogP contribution >= 0.6 is 11.3 Å². The van der Waals surface area contributed by atoms with Gasteiger partial charge >= 0.3 is 0 Å². The van der Waals surface area contributed by atoms with Crippen molar-refractivity contribution in [2.24, 2.45) is 5.41 Å². The van der Waals surface area contributed by atoms with Gasteiger partial charge in [0.2, 0.25) is 0 Å². The highest BCUT2D eigenvalue weighted by molar-refractivity contribution is 7.19. The number of nitrogens with one attached hydrogen (secondary N) is 1. The smallest absolute Gasteiger partial charge is 0.0349 e. The topological polar surface area (TPSA) is 15.3 Å². The first kappa shape index (κ1) is 15.0. The van der Waals surface area contributed by atoms with Crippen LogP contribution in [0.2, 0.25) is 0 Å². The van der Waals surface area contributed by atoms with Crippen molar-refractivity contribution in [2.75, 3.05) is 19.6 Å². The predicted octanol–water partition coefficient (Wildman–Crippen LogP) is 4.24. The van der Waals surface area contributed by atoms with E-state index in [-0.39, 0.29) is 0 Å². The molecule has 2 heterocycles. The molecule has 0 spiro atoms. The lowest BCUT2D eigenvalue weighted by Crippen LogP contribution is -2.23. The van der Waals surface area contributed by atoms with E-state index in [0.717, 1.165) is 19.6 Å². The molecule has 114 valence electrons. The zero-order valence-corrected chi connectivity index (χ0v) is 14.2. The molecule has 3 heteroatoms. The van der Waals surface area contributed by atoms with E-state index in [2.05, 4.69) is 55.3 Å². The van der Waals surface area contributed by atoms with Crippen molar-refractivity contribution in [2.45, 2.75) is 40.3 Å². The SMILES string of the molecule is CCNCc1sc2ccccc2c1CN1CCC(C)(C)C1. The summed E-state index contributed by atoms with van der Waals surface area (Å²) in [5, 5.41) is 4.96. The van der Waals surface area contributed by atoms with Gasteiger partial charge in [0, 0.05) is 29.2 Å². The second-order valence-electron chi connectivity index (χ2n) is 6.91. The van der Waals surface area contributed by atoms with Crippen LogP contribution in [0.1, 0.15) is 37.6 Å². The van der Waals surface area contributed by atoms with Crippen LogP contribution in [0.3, 0.4) is 0 Å². The Bertz CT molecular complexity index is 615. The number of hydrogen-bond acceptors (Lipinski definition) is 3. The van der Waals surface area contributed by atoms with Crippen molar-refractivity contribution in [3.05, 3.63) is 34.7 Å². The largest absolute Gasteiger partial charge is 0.312 e. The number of thiophene rings is 1. The Balaban J connectivity index is 1.88. The summed E-state index contributed by atoms with van der Waals surface area (Å²) in [6.07, 6.45) is 1.32. The van der Waals surface area contributed by atoms with Gasteiger partial charge < -0.3 is 5.32 Å². The number of benzene rings is 1. The molecule has 1 N–H and O–H groups in total. The summed E-state index contributed by atoms with van der Waals surface area (Å²) in [7, 11) is 0. The molecular weight excluding hydrogens is 276 g/mol. The Hall–Kier alpha value is -0.900. The van der Waals surface area contributed by atoms with Crippen molar-refractivity contribution in [3.8, 4) is 0 Å². The molecule has 1 aliphatic rings. The van der Waals surface area contributed by atoms with Gasteiger partial charge in [-0.05, 0) is 41.9 Å². The Morgan fingerprint density at radius 1 is 1.29 bits per heavy atom. The average Bonchev–Trinajstić information content (AvgIpc) is 2.98. The first-order valence-corrected chi connectivity index (χ1v) is 8.83. The fourth-order valence-electron chi connectivity index (χ4n) is 3.29. The molecule has 2 nitrogen and oxygen atoms in total. The van der Waals surface area contributed by atoms with E-state index < -0.39 is 0 Å². The molecule has 2 aromatic rings. The normalized spacial score (nSPS) is 18.6. The van der Waals surface area contributed by atoms with Gasteiger partial charge in [0.25, 0.3) is 0 Å². The van der Waals surface area contributed by atoms with Crippen molar-refractivity contribution in [1.82, 2.24) is 10.2 Å². The van der Waals surface area contributed by atoms with Crippen LogP contribution < -0.4 is 5.32 Å². The molecule has 1 fully saturated rings. The molecule has 1 saturated heterocycles. The van der Waals surface area contributed by atoms with E-state index in [1.165, 1.54) is 34.5 Å². The van der Waals surface area contributed by atoms with Gasteiger partial charge in [0.05, 0.1) is 0 Å². The summed E-state index contributed by atoms with van der Waals surface area (Å²) >= 11 is 1.96. The first-order valence-electron chi connectivity index (χ1n) is 8.01. The summed E-state index contributed by atoms with van der Waals surface area (Å²) in [4.78, 5) is 4.15. The Kier molecular flexibility index (Phi) is 4.34. The quantitative estimate of drug-likeness (QED) is 0.888. The van der Waals surface area contributed by atoms with Gasteiger partial charge in [-0.25, -0.2) is 0 Å². The summed E-state index contributed by atoms with van der Waals surface area (Å²) in [6.45, 7) is 12.5. The van der Waals surface area contributed by atoms with E-state index in [0.29, 0.717) is 5.41 Å². The number of hydrogen-bond donors (Lipinski definition) is 1. The van der Waals surface area contributed by atoms with Gasteiger partial charge in [0.15, 0.2) is 0 Å². The number of rotatable bonds is 5. The van der Waals surface area contributed by atoms with Crippen LogP contribution in [0, 0.1) is 5.41 Å². The lowest BCUT2D eigenvalue weighted by molar-refractivity contribution is 0.285. The standard InChI is InChI=1S/C18H26N2S/c1-4-19-11-17-15(12-20-10-9-18(2,3)13-20)14-7-5-6-8-16(14)21-17/h5-8,19H,4,9-13H2,1-3H3. The van der Waals surface area contributed by atoms with Gasteiger partial charge in [-0.15, -0.1) is 11.3 Å². The van der Waals surface area contributed by atoms with Crippen LogP contribution in [-0.4, -0.2) is 24.5 Å². The molecule has 0 saturated carbocycles. The molecule has 0 unspecified atom stereocenters. The minimum Gasteiger partial charge on any atom is -0.312 e. The van der Waals surface area contributed by atoms with Crippen molar-refractivity contribution < 1.29 is 0 Å². The van der Waals surface area contributed by atoms with Crippen molar-refractivity contribution in [1.29, 1.82) is 0 Å². The van der Waals surface area contributed by atoms with Crippen LogP contribution in [0.25, 0.3) is 10.1 Å². The van der Waals surface area contributed by atoms with Gasteiger partial charge in [-0.3, -0.25) is 4.90 Å². The van der Waals surface area contributed by atoms with Crippen LogP contribution in [0.5, 0.6) is 0 Å². The summed E-state index contributed by atoms with van der Waals surface area (Å²) in [5.74, 6) is 0. The Morgan fingerprint density at radius 3 is 2.81 bits per heavy atom. The van der Waals surface area contributed by atoms with Crippen LogP contribution in [0.4, 0.5) is 0 Å². The third kappa shape index (κ3) is 3.31. The monoisotopic (exact) mass is 302 g/mol. The maximum absolute atomic E-state index is 3.50. The van der Waals surface area contributed by atoms with Gasteiger partial charge in [-0.1, -0.05) is 39.0 Å². The minimum absolute atomic E-state index is 0.480. The lowest BCUT2D eigenvalue weighted by atomic mass is 9.93. The van der Waals surface area contributed by atoms with E-state index in [1.807, 2.05) is 11.3 Å². The summed E-state index contributed by atoms with van der Waals surface area (Å²) in [5.41, 5.74) is 2.03. The van der Waals surface area contributed by atoms with E-state index in [1.54, 1.807) is 5.56 Å². The van der Waals surface area contributed by atoms with E-state index in [4.69, 9.17) is 0 Å². The number of nitrogens with zero attached hydrogens (tertiary/aromatic N) is 1. The first-order chi connectivity index (χ1) is 10.1. The maximum Gasteiger partial charge on any atom is 0.0349 e. The fourth-order valence-corrected chi connectivity index (χ4v) is 4.47. The minimum atomic E-state index is 0.480.